The summed E-state index contributed by atoms with van der Waals surface area (Å²) in [6, 6.07) is 15.5. The number of carbonyl (C=O) groups is 1. The van der Waals surface area contributed by atoms with Gasteiger partial charge in [-0.2, -0.15) is 0 Å². The van der Waals surface area contributed by atoms with Gasteiger partial charge in [-0.05, 0) is 42.9 Å². The number of benzene rings is 2. The van der Waals surface area contributed by atoms with Gasteiger partial charge in [-0.3, -0.25) is 9.36 Å². The van der Waals surface area contributed by atoms with Crippen molar-refractivity contribution in [3.05, 3.63) is 54.1 Å². The van der Waals surface area contributed by atoms with Crippen molar-refractivity contribution in [2.45, 2.75) is 17.5 Å². The fourth-order valence-electron chi connectivity index (χ4n) is 2.65. The van der Waals surface area contributed by atoms with Crippen LogP contribution in [0.15, 0.2) is 53.7 Å². The van der Waals surface area contributed by atoms with E-state index in [0.29, 0.717) is 10.3 Å². The Morgan fingerprint density at radius 2 is 1.92 bits per heavy atom. The van der Waals surface area contributed by atoms with Crippen LogP contribution in [0.5, 0.6) is 0 Å². The summed E-state index contributed by atoms with van der Waals surface area (Å²) in [6.07, 6.45) is 0. The Morgan fingerprint density at radius 3 is 2.72 bits per heavy atom. The second kappa shape index (κ2) is 7.03. The molecule has 0 bridgehead atoms. The predicted molar refractivity (Wildman–Crippen MR) is 108 cm³/mol. The van der Waals surface area contributed by atoms with Gasteiger partial charge in [0.05, 0.1) is 11.0 Å². The van der Waals surface area contributed by atoms with Gasteiger partial charge in [-0.15, -0.1) is 12.4 Å². The fourth-order valence-corrected chi connectivity index (χ4v) is 3.99. The van der Waals surface area contributed by atoms with Crippen LogP contribution in [0.2, 0.25) is 0 Å². The number of thioether (sulfide) groups is 1. The Hall–Kier alpha value is -2.09. The summed E-state index contributed by atoms with van der Waals surface area (Å²) in [4.78, 5) is 17.2. The minimum absolute atomic E-state index is 0. The monoisotopic (exact) mass is 390 g/mol. The summed E-state index contributed by atoms with van der Waals surface area (Å²) in [5, 5.41) is 6.86. The molecule has 0 saturated carbocycles. The summed E-state index contributed by atoms with van der Waals surface area (Å²) in [6.45, 7) is 2.00. The molecule has 0 radical (unpaired) electrons. The third-order valence-corrected chi connectivity index (χ3v) is 5.11. The topological polar surface area (TPSA) is 59.0 Å². The Morgan fingerprint density at radius 1 is 1.20 bits per heavy atom. The zero-order chi connectivity index (χ0) is 16.7. The maximum absolute atomic E-state index is 12.7. The van der Waals surface area contributed by atoms with E-state index in [9.17, 15) is 4.79 Å². The molecule has 0 saturated heterocycles. The smallest absolute Gasteiger partial charge is 0.266 e. The van der Waals surface area contributed by atoms with Gasteiger partial charge in [0.15, 0.2) is 15.6 Å². The minimum atomic E-state index is -0.471. The van der Waals surface area contributed by atoms with E-state index in [1.807, 2.05) is 55.5 Å². The highest BCUT2D eigenvalue weighted by Gasteiger charge is 2.34. The van der Waals surface area contributed by atoms with Gasteiger partial charge in [0.2, 0.25) is 0 Å². The van der Waals surface area contributed by atoms with E-state index < -0.39 is 5.37 Å². The molecule has 1 aromatic heterocycles. The number of aromatic nitrogens is 2. The maximum Gasteiger partial charge on any atom is 0.266 e. The molecular weight excluding hydrogens is 376 g/mol. The van der Waals surface area contributed by atoms with Crippen molar-refractivity contribution in [1.82, 2.24) is 14.9 Å². The van der Waals surface area contributed by atoms with Crippen molar-refractivity contribution in [2.75, 3.05) is 5.32 Å². The lowest BCUT2D eigenvalue weighted by molar-refractivity contribution is 0.0910. The van der Waals surface area contributed by atoms with Crippen LogP contribution in [0.1, 0.15) is 10.4 Å². The first kappa shape index (κ1) is 17.7. The van der Waals surface area contributed by atoms with E-state index in [2.05, 4.69) is 15.6 Å². The molecule has 0 fully saturated rings. The number of para-hydroxylation sites is 3. The number of thiocarbonyl (C=S) groups is 1. The SMILES string of the molecule is Cc1ccccc1NC(=S)NC1Sc2nc3ccccc3n2C1=O.Cl. The molecule has 0 amide bonds. The van der Waals surface area contributed by atoms with Crippen molar-refractivity contribution in [3.63, 3.8) is 0 Å². The Bertz CT molecular complexity index is 972. The molecule has 1 aliphatic heterocycles. The third kappa shape index (κ3) is 3.22. The maximum atomic E-state index is 12.7. The molecule has 3 aromatic rings. The van der Waals surface area contributed by atoms with Gasteiger partial charge in [0, 0.05) is 5.69 Å². The van der Waals surface area contributed by atoms with Gasteiger partial charge in [-0.1, -0.05) is 42.1 Å². The molecule has 0 spiro atoms. The van der Waals surface area contributed by atoms with Crippen molar-refractivity contribution in [1.29, 1.82) is 0 Å². The van der Waals surface area contributed by atoms with Crippen molar-refractivity contribution < 1.29 is 4.79 Å². The molecule has 2 N–H and O–H groups in total. The number of anilines is 1. The van der Waals surface area contributed by atoms with E-state index in [1.54, 1.807) is 4.57 Å². The Balaban J connectivity index is 0.00000182. The first-order valence-corrected chi connectivity index (χ1v) is 8.74. The van der Waals surface area contributed by atoms with E-state index in [-0.39, 0.29) is 18.3 Å². The quantitative estimate of drug-likeness (QED) is 0.648. The number of rotatable bonds is 2. The number of fused-ring (bicyclic) bond motifs is 3. The summed E-state index contributed by atoms with van der Waals surface area (Å²) in [5.41, 5.74) is 3.67. The number of imidazole rings is 1. The molecule has 1 unspecified atom stereocenters. The standard InChI is InChI=1S/C17H14N4OS2.ClH/c1-10-6-2-3-7-11(10)18-16(23)20-14-15(22)21-13-9-5-4-8-12(13)19-17(21)24-14;/h2-9,14H,1H3,(H2,18,20,23);1H. The molecule has 0 aliphatic carbocycles. The van der Waals surface area contributed by atoms with Crippen LogP contribution >= 0.6 is 36.4 Å². The van der Waals surface area contributed by atoms with Gasteiger partial charge < -0.3 is 10.6 Å². The van der Waals surface area contributed by atoms with E-state index in [4.69, 9.17) is 12.2 Å². The van der Waals surface area contributed by atoms with E-state index in [1.165, 1.54) is 11.8 Å². The minimum Gasteiger partial charge on any atom is -0.342 e. The molecule has 8 heteroatoms. The van der Waals surface area contributed by atoms with Crippen molar-refractivity contribution >= 4 is 64.1 Å². The van der Waals surface area contributed by atoms with Crippen LogP contribution in [-0.2, 0) is 0 Å². The molecule has 1 atom stereocenters. The summed E-state index contributed by atoms with van der Waals surface area (Å²) in [5.74, 6) is -0.0577. The molecule has 4 rings (SSSR count). The second-order valence-electron chi connectivity index (χ2n) is 5.47. The Labute approximate surface area is 160 Å². The number of hydrogen-bond donors (Lipinski definition) is 2. The largest absolute Gasteiger partial charge is 0.342 e. The summed E-state index contributed by atoms with van der Waals surface area (Å²) in [7, 11) is 0. The second-order valence-corrected chi connectivity index (χ2v) is 6.95. The van der Waals surface area contributed by atoms with Crippen LogP contribution in [-0.4, -0.2) is 25.9 Å². The molecule has 5 nitrogen and oxygen atoms in total. The molecule has 25 heavy (non-hydrogen) atoms. The van der Waals surface area contributed by atoms with Crippen LogP contribution in [0.3, 0.4) is 0 Å². The summed E-state index contributed by atoms with van der Waals surface area (Å²) < 4.78 is 1.65. The Kier molecular flexibility index (Phi) is 4.99. The highest BCUT2D eigenvalue weighted by molar-refractivity contribution is 8.01. The average Bonchev–Trinajstić information content (AvgIpc) is 3.07. The number of nitrogens with one attached hydrogen (secondary N) is 2. The lowest BCUT2D eigenvalue weighted by Gasteiger charge is -2.15. The normalized spacial score (nSPS) is 15.6. The highest BCUT2D eigenvalue weighted by Crippen LogP contribution is 2.33. The highest BCUT2D eigenvalue weighted by atomic mass is 35.5. The van der Waals surface area contributed by atoms with Gasteiger partial charge in [0.25, 0.3) is 5.91 Å². The third-order valence-electron chi connectivity index (χ3n) is 3.85. The lowest BCUT2D eigenvalue weighted by Crippen LogP contribution is -2.40. The van der Waals surface area contributed by atoms with Crippen LogP contribution in [0.4, 0.5) is 5.69 Å². The first-order valence-electron chi connectivity index (χ1n) is 7.45. The molecule has 128 valence electrons. The van der Waals surface area contributed by atoms with E-state index >= 15 is 0 Å². The van der Waals surface area contributed by atoms with Crippen LogP contribution in [0.25, 0.3) is 11.0 Å². The zero-order valence-corrected chi connectivity index (χ0v) is 15.7. The molecule has 2 aromatic carbocycles. The van der Waals surface area contributed by atoms with Crippen LogP contribution < -0.4 is 10.6 Å². The van der Waals surface area contributed by atoms with E-state index in [0.717, 1.165) is 22.3 Å². The van der Waals surface area contributed by atoms with Gasteiger partial charge >= 0.3 is 0 Å². The number of halogens is 1. The van der Waals surface area contributed by atoms with Crippen molar-refractivity contribution in [2.24, 2.45) is 0 Å². The van der Waals surface area contributed by atoms with Gasteiger partial charge in [0.1, 0.15) is 0 Å². The fraction of sp³-hybridized carbons (Fsp3) is 0.118. The zero-order valence-electron chi connectivity index (χ0n) is 13.2. The number of hydrogen-bond acceptors (Lipinski definition) is 4. The number of aryl methyl sites for hydroxylation is 1. The number of nitrogens with zero attached hydrogens (tertiary/aromatic N) is 2. The predicted octanol–water partition coefficient (Wildman–Crippen LogP) is 3.83. The van der Waals surface area contributed by atoms with Crippen LogP contribution in [0, 0.1) is 6.92 Å². The molecule has 1 aliphatic rings. The summed E-state index contributed by atoms with van der Waals surface area (Å²) >= 11 is 6.73. The first-order chi connectivity index (χ1) is 11.6. The molecular formula is C17H15ClN4OS2. The average molecular weight is 391 g/mol. The lowest BCUT2D eigenvalue weighted by atomic mass is 10.2. The van der Waals surface area contributed by atoms with Crippen molar-refractivity contribution in [3.8, 4) is 0 Å². The number of carbonyl (C=O) groups excluding carboxylic acids is 1. The molecule has 2 heterocycles. The van der Waals surface area contributed by atoms with Gasteiger partial charge in [-0.25, -0.2) is 4.98 Å².